The molecule has 0 aromatic heterocycles. The van der Waals surface area contributed by atoms with Crippen LogP contribution in [0.25, 0.3) is 0 Å². The molecule has 7 aliphatic heterocycles. The molecule has 0 aliphatic carbocycles. The highest BCUT2D eigenvalue weighted by molar-refractivity contribution is 5.76. The number of carboxylic acid groups (broad SMARTS) is 1. The fourth-order valence-electron chi connectivity index (χ4n) is 13.5. The van der Waals surface area contributed by atoms with Crippen LogP contribution in [-0.2, 0) is 47.5 Å². The molecule has 0 amide bonds. The van der Waals surface area contributed by atoms with Crippen molar-refractivity contribution < 1.29 is 67.9 Å². The molecular weight excluding hydrogens is 957 g/mol. The molecule has 428 valence electrons. The van der Waals surface area contributed by atoms with Gasteiger partial charge in [-0.05, 0) is 102 Å². The Hall–Kier alpha value is -2.24. The summed E-state index contributed by atoms with van der Waals surface area (Å²) in [6.07, 6.45) is 24.5. The number of carbonyl (C=O) groups excluding carboxylic acids is 1. The van der Waals surface area contributed by atoms with E-state index < -0.39 is 71.7 Å². The number of rotatable bonds is 25. The molecule has 0 radical (unpaired) electrons. The molecule has 14 nitrogen and oxygen atoms in total. The van der Waals surface area contributed by atoms with E-state index in [2.05, 4.69) is 53.3 Å². The first kappa shape index (κ1) is 60.4. The van der Waals surface area contributed by atoms with Gasteiger partial charge in [-0.1, -0.05) is 136 Å². The molecule has 7 heterocycles. The Labute approximate surface area is 450 Å². The fourth-order valence-corrected chi connectivity index (χ4v) is 13.5. The van der Waals surface area contributed by atoms with Crippen molar-refractivity contribution in [2.45, 2.75) is 306 Å². The van der Waals surface area contributed by atoms with Crippen LogP contribution in [-0.4, -0.2) is 123 Å². The molecule has 14 heteroatoms. The molecule has 75 heavy (non-hydrogen) atoms. The van der Waals surface area contributed by atoms with Gasteiger partial charge in [0.25, 0.3) is 0 Å². The number of esters is 1. The van der Waals surface area contributed by atoms with Gasteiger partial charge in [0.05, 0.1) is 43.2 Å². The molecule has 6 saturated heterocycles. The van der Waals surface area contributed by atoms with Gasteiger partial charge in [0.2, 0.25) is 5.79 Å². The molecule has 7 rings (SSSR count). The third-order valence-electron chi connectivity index (χ3n) is 18.2. The zero-order valence-electron chi connectivity index (χ0n) is 47.2. The molecule has 0 saturated carbocycles. The standard InChI is InChI=1S/C61H100O14/c1-9-10-11-12-13-14-15-16-17-18-19-20-21-24-52(63)70-51-28-27-47(39-58(8,67)57(65)66)72-61(51)38-40(2)36-50(73-61)41(3)25-26-46-30-32-59(71-46)33-31-49-56(74-59)53(64)45(7)55(69-49)48(62)37-43(5)54-42(4)29-34-60(75-54)44(6)23-22-35-68-60/h25-26,38,41-44,46-51,53-56,62,64,67H,7,9-24,27-37,39H2,1-6,8H3,(H,65,66)/b26-25+/t41-,42-,43+,44-,46+,47+,48+,49-,50+,51-,53-,54+,55+,56-,58-,59-,60-,61-/m1/s1. The number of aliphatic carboxylic acids is 1. The van der Waals surface area contributed by atoms with Crippen LogP contribution in [0.3, 0.4) is 0 Å². The maximum Gasteiger partial charge on any atom is 0.335 e. The SMILES string of the molecule is C=C1[C@@H](O)[C@@H]2O[C@]3(CC[C@H](/C=C/[C@@H](C)[C@@H]4CC(C)=C[C@@]5(O[C@H](C[C@@](C)(O)C(=O)O)CC[C@H]5OC(=O)CCCCCCCCCCCCCCC)O4)O3)CC[C@H]2O[C@@H]1[C@@H](O)C[C@H](C)[C@H]1O[C@@]2(CC[C@H]1C)OCCC[C@H]2C. The van der Waals surface area contributed by atoms with Crippen molar-refractivity contribution in [3.05, 3.63) is 36.0 Å². The Kier molecular flexibility index (Phi) is 22.0. The van der Waals surface area contributed by atoms with E-state index >= 15 is 0 Å². The predicted octanol–water partition coefficient (Wildman–Crippen LogP) is 11.5. The van der Waals surface area contributed by atoms with Crippen molar-refractivity contribution in [3.8, 4) is 0 Å². The Morgan fingerprint density at radius 2 is 1.56 bits per heavy atom. The number of hydrogen-bond donors (Lipinski definition) is 4. The molecule has 0 aromatic carbocycles. The Balaban J connectivity index is 0.900. The van der Waals surface area contributed by atoms with Crippen molar-refractivity contribution in [1.29, 1.82) is 0 Å². The summed E-state index contributed by atoms with van der Waals surface area (Å²) in [7, 11) is 0. The largest absolute Gasteiger partial charge is 0.479 e. The van der Waals surface area contributed by atoms with E-state index in [1.54, 1.807) is 0 Å². The van der Waals surface area contributed by atoms with Gasteiger partial charge in [-0.2, -0.15) is 0 Å². The average molecular weight is 1060 g/mol. The number of aliphatic hydroxyl groups excluding tert-OH is 2. The van der Waals surface area contributed by atoms with E-state index in [9.17, 15) is 30.0 Å². The minimum Gasteiger partial charge on any atom is -0.479 e. The lowest BCUT2D eigenvalue weighted by Gasteiger charge is -2.51. The highest BCUT2D eigenvalue weighted by Crippen LogP contribution is 2.49. The van der Waals surface area contributed by atoms with E-state index in [1.165, 1.54) is 71.1 Å². The topological polar surface area (TPSA) is 189 Å². The molecule has 3 spiro atoms. The van der Waals surface area contributed by atoms with E-state index in [1.807, 2.05) is 13.0 Å². The van der Waals surface area contributed by atoms with Crippen molar-refractivity contribution in [1.82, 2.24) is 0 Å². The normalized spacial score (nSPS) is 38.3. The first-order chi connectivity index (χ1) is 35.8. The third kappa shape index (κ3) is 15.6. The van der Waals surface area contributed by atoms with E-state index in [0.29, 0.717) is 81.8 Å². The molecule has 4 N–H and O–H groups in total. The van der Waals surface area contributed by atoms with Crippen LogP contribution in [0, 0.1) is 23.7 Å². The molecular formula is C61H100O14. The zero-order valence-corrected chi connectivity index (χ0v) is 47.2. The van der Waals surface area contributed by atoms with Gasteiger partial charge in [-0.15, -0.1) is 0 Å². The molecule has 7 aliphatic rings. The maximum atomic E-state index is 13.5. The summed E-state index contributed by atoms with van der Waals surface area (Å²) >= 11 is 0. The summed E-state index contributed by atoms with van der Waals surface area (Å²) in [6.45, 7) is 19.1. The van der Waals surface area contributed by atoms with Crippen LogP contribution >= 0.6 is 0 Å². The summed E-state index contributed by atoms with van der Waals surface area (Å²) in [5.74, 6) is -4.00. The molecule has 0 aromatic rings. The van der Waals surface area contributed by atoms with E-state index in [4.69, 9.17) is 37.9 Å². The quantitative estimate of drug-likeness (QED) is 0.0384. The second-order valence-electron chi connectivity index (χ2n) is 24.8. The lowest BCUT2D eigenvalue weighted by Crippen LogP contribution is -2.60. The fraction of sp³-hybridized carbons (Fsp3) is 0.869. The number of ether oxygens (including phenoxy) is 8. The van der Waals surface area contributed by atoms with Crippen LogP contribution in [0.1, 0.15) is 222 Å². The number of hydrogen-bond acceptors (Lipinski definition) is 13. The van der Waals surface area contributed by atoms with Crippen LogP contribution < -0.4 is 0 Å². The van der Waals surface area contributed by atoms with Gasteiger partial charge in [0.1, 0.15) is 18.3 Å². The average Bonchev–Trinajstić information content (AvgIpc) is 3.78. The van der Waals surface area contributed by atoms with Crippen LogP contribution in [0.15, 0.2) is 36.0 Å². The zero-order chi connectivity index (χ0) is 54.0. The lowest BCUT2D eigenvalue weighted by atomic mass is 9.78. The number of aliphatic hydroxyl groups is 3. The van der Waals surface area contributed by atoms with Crippen molar-refractivity contribution >= 4 is 11.9 Å². The maximum absolute atomic E-state index is 13.5. The van der Waals surface area contributed by atoms with Crippen molar-refractivity contribution in [2.24, 2.45) is 23.7 Å². The predicted molar refractivity (Wildman–Crippen MR) is 286 cm³/mol. The molecule has 0 unspecified atom stereocenters. The summed E-state index contributed by atoms with van der Waals surface area (Å²) < 4.78 is 52.8. The first-order valence-electron chi connectivity index (χ1n) is 30.0. The first-order valence-corrected chi connectivity index (χ1v) is 30.0. The van der Waals surface area contributed by atoms with Gasteiger partial charge in [0.15, 0.2) is 23.3 Å². The minimum absolute atomic E-state index is 0.0279. The summed E-state index contributed by atoms with van der Waals surface area (Å²) in [5, 5.41) is 44.0. The Morgan fingerprint density at radius 3 is 2.24 bits per heavy atom. The summed E-state index contributed by atoms with van der Waals surface area (Å²) in [4.78, 5) is 25.4. The van der Waals surface area contributed by atoms with Gasteiger partial charge in [0, 0.05) is 43.9 Å². The van der Waals surface area contributed by atoms with Crippen LogP contribution in [0.4, 0.5) is 0 Å². The van der Waals surface area contributed by atoms with Crippen LogP contribution in [0.2, 0.25) is 0 Å². The summed E-state index contributed by atoms with van der Waals surface area (Å²) in [5.41, 5.74) is -0.595. The highest BCUT2D eigenvalue weighted by atomic mass is 16.7. The molecule has 18 atom stereocenters. The second kappa shape index (κ2) is 27.3. The second-order valence-corrected chi connectivity index (χ2v) is 24.8. The highest BCUT2D eigenvalue weighted by Gasteiger charge is 2.56. The Bertz CT molecular complexity index is 1900. The van der Waals surface area contributed by atoms with Gasteiger partial charge >= 0.3 is 11.9 Å². The van der Waals surface area contributed by atoms with E-state index in [0.717, 1.165) is 50.5 Å². The molecule has 0 bridgehead atoms. The van der Waals surface area contributed by atoms with Gasteiger partial charge in [-0.3, -0.25) is 4.79 Å². The number of carboxylic acids is 1. The van der Waals surface area contributed by atoms with Crippen molar-refractivity contribution in [3.63, 3.8) is 0 Å². The Morgan fingerprint density at radius 1 is 0.880 bits per heavy atom. The third-order valence-corrected chi connectivity index (χ3v) is 18.2. The number of carbonyl (C=O) groups is 2. The van der Waals surface area contributed by atoms with E-state index in [-0.39, 0.29) is 42.5 Å². The smallest absolute Gasteiger partial charge is 0.335 e. The monoisotopic (exact) mass is 1060 g/mol. The molecule has 6 fully saturated rings. The minimum atomic E-state index is -2.01. The lowest BCUT2D eigenvalue weighted by molar-refractivity contribution is -0.334. The van der Waals surface area contributed by atoms with Gasteiger partial charge < -0.3 is 58.3 Å². The summed E-state index contributed by atoms with van der Waals surface area (Å²) in [6, 6.07) is 0. The van der Waals surface area contributed by atoms with Crippen LogP contribution in [0.5, 0.6) is 0 Å². The van der Waals surface area contributed by atoms with Crippen molar-refractivity contribution in [2.75, 3.05) is 6.61 Å². The number of unbranched alkanes of at least 4 members (excludes halogenated alkanes) is 12. The van der Waals surface area contributed by atoms with Gasteiger partial charge in [-0.25, -0.2) is 4.79 Å². The number of fused-ring (bicyclic) bond motifs is 1.